The predicted molar refractivity (Wildman–Crippen MR) is 109 cm³/mol. The third kappa shape index (κ3) is 6.21. The van der Waals surface area contributed by atoms with Crippen molar-refractivity contribution in [1.29, 1.82) is 0 Å². The van der Waals surface area contributed by atoms with Crippen molar-refractivity contribution >= 4 is 47.6 Å². The van der Waals surface area contributed by atoms with Gasteiger partial charge in [0.05, 0.1) is 6.54 Å². The van der Waals surface area contributed by atoms with Gasteiger partial charge in [0.2, 0.25) is 5.91 Å². The van der Waals surface area contributed by atoms with Gasteiger partial charge in [-0.15, -0.1) is 24.0 Å². The first-order valence-corrected chi connectivity index (χ1v) is 8.92. The molecule has 0 saturated heterocycles. The minimum atomic E-state index is 0. The number of nitrogens with zero attached hydrogens (tertiary/aromatic N) is 2. The van der Waals surface area contributed by atoms with Gasteiger partial charge >= 0.3 is 0 Å². The molecular formula is C16H25IN4OS. The first-order valence-electron chi connectivity index (χ1n) is 7.52. The van der Waals surface area contributed by atoms with Crippen LogP contribution in [0.4, 0.5) is 0 Å². The van der Waals surface area contributed by atoms with Crippen LogP contribution in [0, 0.1) is 0 Å². The first kappa shape index (κ1) is 20.1. The number of aliphatic imine (C=N–C) groups is 1. The van der Waals surface area contributed by atoms with E-state index in [-0.39, 0.29) is 36.4 Å². The fourth-order valence-corrected chi connectivity index (χ4v) is 2.78. The molecule has 1 aliphatic rings. The summed E-state index contributed by atoms with van der Waals surface area (Å²) in [5, 5.41) is 6.28. The van der Waals surface area contributed by atoms with Gasteiger partial charge < -0.3 is 15.5 Å². The lowest BCUT2D eigenvalue weighted by molar-refractivity contribution is -0.130. The first-order chi connectivity index (χ1) is 10.7. The van der Waals surface area contributed by atoms with E-state index in [1.807, 2.05) is 11.0 Å². The molecule has 5 nitrogen and oxygen atoms in total. The number of rotatable bonds is 5. The van der Waals surface area contributed by atoms with Gasteiger partial charge in [-0.3, -0.25) is 9.79 Å². The van der Waals surface area contributed by atoms with Gasteiger partial charge in [0.15, 0.2) is 5.96 Å². The molecule has 0 saturated carbocycles. The molecule has 1 heterocycles. The van der Waals surface area contributed by atoms with Crippen LogP contribution in [0.5, 0.6) is 0 Å². The number of hydrogen-bond acceptors (Lipinski definition) is 3. The monoisotopic (exact) mass is 448 g/mol. The van der Waals surface area contributed by atoms with Crippen molar-refractivity contribution in [2.75, 3.05) is 38.7 Å². The van der Waals surface area contributed by atoms with E-state index in [2.05, 4.69) is 40.1 Å². The summed E-state index contributed by atoms with van der Waals surface area (Å²) >= 11 is 1.77. The number of nitrogens with one attached hydrogen (secondary N) is 2. The molecule has 2 rings (SSSR count). The number of carbonyl (C=O) groups is 1. The summed E-state index contributed by atoms with van der Waals surface area (Å²) < 4.78 is 0. The van der Waals surface area contributed by atoms with Crippen LogP contribution in [0.15, 0.2) is 29.3 Å². The Morgan fingerprint density at radius 1 is 1.30 bits per heavy atom. The highest BCUT2D eigenvalue weighted by atomic mass is 127. The fraction of sp³-hybridized carbons (Fsp3) is 0.500. The summed E-state index contributed by atoms with van der Waals surface area (Å²) in [5.74, 6) is 1.81. The highest BCUT2D eigenvalue weighted by Crippen LogP contribution is 2.18. The maximum Gasteiger partial charge on any atom is 0.242 e. The van der Waals surface area contributed by atoms with Crippen molar-refractivity contribution in [2.24, 2.45) is 4.99 Å². The largest absolute Gasteiger partial charge is 0.356 e. The molecule has 2 N–H and O–H groups in total. The lowest BCUT2D eigenvalue weighted by atomic mass is 10.00. The zero-order valence-corrected chi connectivity index (χ0v) is 16.8. The highest BCUT2D eigenvalue weighted by Gasteiger charge is 2.20. The second-order valence-corrected chi connectivity index (χ2v) is 6.16. The summed E-state index contributed by atoms with van der Waals surface area (Å²) in [6.45, 7) is 2.61. The molecular weight excluding hydrogens is 423 g/mol. The number of amides is 1. The van der Waals surface area contributed by atoms with Gasteiger partial charge in [-0.25, -0.2) is 0 Å². The van der Waals surface area contributed by atoms with Gasteiger partial charge in [0.1, 0.15) is 0 Å². The van der Waals surface area contributed by atoms with Crippen LogP contribution in [0.3, 0.4) is 0 Å². The van der Waals surface area contributed by atoms with E-state index in [0.29, 0.717) is 12.5 Å². The van der Waals surface area contributed by atoms with Gasteiger partial charge in [-0.05, 0) is 23.8 Å². The van der Waals surface area contributed by atoms with E-state index in [9.17, 15) is 4.79 Å². The smallest absolute Gasteiger partial charge is 0.242 e. The second kappa shape index (κ2) is 10.7. The lowest BCUT2D eigenvalue weighted by Gasteiger charge is -2.29. The average Bonchev–Trinajstić information content (AvgIpc) is 2.57. The van der Waals surface area contributed by atoms with Crippen molar-refractivity contribution in [3.63, 3.8) is 0 Å². The third-order valence-corrected chi connectivity index (χ3v) is 4.33. The van der Waals surface area contributed by atoms with Crippen molar-refractivity contribution in [2.45, 2.75) is 13.0 Å². The van der Waals surface area contributed by atoms with Crippen LogP contribution in [0.1, 0.15) is 11.1 Å². The molecule has 0 spiro atoms. The molecule has 1 aromatic carbocycles. The fourth-order valence-electron chi connectivity index (χ4n) is 2.47. The second-order valence-electron chi connectivity index (χ2n) is 5.18. The van der Waals surface area contributed by atoms with Gasteiger partial charge in [0, 0.05) is 32.4 Å². The molecule has 0 radical (unpaired) electrons. The van der Waals surface area contributed by atoms with Gasteiger partial charge in [-0.2, -0.15) is 11.8 Å². The number of benzene rings is 1. The topological polar surface area (TPSA) is 56.7 Å². The van der Waals surface area contributed by atoms with E-state index in [4.69, 9.17) is 0 Å². The zero-order chi connectivity index (χ0) is 15.8. The van der Waals surface area contributed by atoms with Crippen molar-refractivity contribution < 1.29 is 4.79 Å². The highest BCUT2D eigenvalue weighted by molar-refractivity contribution is 14.0. The quantitative estimate of drug-likeness (QED) is 0.312. The lowest BCUT2D eigenvalue weighted by Crippen LogP contribution is -2.46. The number of hydrogen-bond donors (Lipinski definition) is 2. The van der Waals surface area contributed by atoms with E-state index >= 15 is 0 Å². The average molecular weight is 448 g/mol. The van der Waals surface area contributed by atoms with Crippen LogP contribution in [-0.4, -0.2) is 55.5 Å². The molecule has 23 heavy (non-hydrogen) atoms. The Bertz CT molecular complexity index is 539. The normalized spacial score (nSPS) is 13.8. The van der Waals surface area contributed by atoms with E-state index in [1.54, 1.807) is 18.8 Å². The van der Waals surface area contributed by atoms with Crippen LogP contribution in [0.25, 0.3) is 0 Å². The summed E-state index contributed by atoms with van der Waals surface area (Å²) in [5.41, 5.74) is 2.61. The Morgan fingerprint density at radius 3 is 2.74 bits per heavy atom. The summed E-state index contributed by atoms with van der Waals surface area (Å²) in [7, 11) is 1.72. The molecule has 128 valence electrons. The zero-order valence-electron chi connectivity index (χ0n) is 13.7. The molecule has 1 aromatic rings. The number of carbonyl (C=O) groups excluding carboxylic acids is 1. The molecule has 1 aliphatic heterocycles. The van der Waals surface area contributed by atoms with E-state index in [1.165, 1.54) is 11.1 Å². The molecule has 1 amide bonds. The van der Waals surface area contributed by atoms with Crippen LogP contribution >= 0.6 is 35.7 Å². The van der Waals surface area contributed by atoms with Crippen molar-refractivity contribution in [3.8, 4) is 0 Å². The molecule has 7 heteroatoms. The maximum absolute atomic E-state index is 12.3. The maximum atomic E-state index is 12.3. The molecule has 0 fully saturated rings. The minimum Gasteiger partial charge on any atom is -0.356 e. The minimum absolute atomic E-state index is 0. The Kier molecular flexibility index (Phi) is 9.39. The molecule has 0 aromatic heterocycles. The van der Waals surface area contributed by atoms with E-state index in [0.717, 1.165) is 25.3 Å². The SMILES string of the molecule is CN=C(NCCSC)NCC(=O)N1CCc2ccccc2C1.I. The van der Waals surface area contributed by atoms with Crippen LogP contribution in [0.2, 0.25) is 0 Å². The third-order valence-electron chi connectivity index (χ3n) is 3.71. The number of guanidine groups is 1. The van der Waals surface area contributed by atoms with Crippen LogP contribution in [-0.2, 0) is 17.8 Å². The molecule has 0 aliphatic carbocycles. The Morgan fingerprint density at radius 2 is 2.04 bits per heavy atom. The van der Waals surface area contributed by atoms with Crippen molar-refractivity contribution in [1.82, 2.24) is 15.5 Å². The molecule has 0 bridgehead atoms. The van der Waals surface area contributed by atoms with Crippen molar-refractivity contribution in [3.05, 3.63) is 35.4 Å². The summed E-state index contributed by atoms with van der Waals surface area (Å²) in [6, 6.07) is 8.34. The number of thioether (sulfide) groups is 1. The predicted octanol–water partition coefficient (Wildman–Crippen LogP) is 1.72. The standard InChI is InChI=1S/C16H24N4OS.HI/c1-17-16(18-8-10-22-2)19-11-15(21)20-9-7-13-5-3-4-6-14(13)12-20;/h3-6H,7-12H2,1-2H3,(H2,17,18,19);1H. The summed E-state index contributed by atoms with van der Waals surface area (Å²) in [6.07, 6.45) is 3.00. The van der Waals surface area contributed by atoms with Gasteiger partial charge in [0.25, 0.3) is 0 Å². The Labute approximate surface area is 159 Å². The summed E-state index contributed by atoms with van der Waals surface area (Å²) in [4.78, 5) is 18.4. The number of fused-ring (bicyclic) bond motifs is 1. The van der Waals surface area contributed by atoms with E-state index < -0.39 is 0 Å². The van der Waals surface area contributed by atoms with Crippen LogP contribution < -0.4 is 10.6 Å². The molecule has 0 atom stereocenters. The van der Waals surface area contributed by atoms with Gasteiger partial charge in [-0.1, -0.05) is 24.3 Å². The number of halogens is 1. The Balaban J connectivity index is 0.00000264. The molecule has 0 unspecified atom stereocenters. The Hall–Kier alpha value is -0.960.